The summed E-state index contributed by atoms with van der Waals surface area (Å²) in [6, 6.07) is 5.56. The molecule has 1 aromatic carbocycles. The number of ether oxygens (including phenoxy) is 2. The highest BCUT2D eigenvalue weighted by Gasteiger charge is 2.23. The van der Waals surface area contributed by atoms with Gasteiger partial charge in [-0.2, -0.15) is 0 Å². The second kappa shape index (κ2) is 4.61. The van der Waals surface area contributed by atoms with E-state index in [9.17, 15) is 4.79 Å². The predicted octanol–water partition coefficient (Wildman–Crippen LogP) is 1.73. The van der Waals surface area contributed by atoms with Crippen LogP contribution in [0, 0.1) is 5.92 Å². The first-order valence-corrected chi connectivity index (χ1v) is 6.40. The van der Waals surface area contributed by atoms with Crippen molar-refractivity contribution in [3.8, 4) is 5.75 Å². The van der Waals surface area contributed by atoms with E-state index < -0.39 is 0 Å². The number of fused-ring (bicyclic) bond motifs is 1. The monoisotopic (exact) mass is 247 g/mol. The zero-order valence-electron chi connectivity index (χ0n) is 10.4. The maximum absolute atomic E-state index is 11.3. The average Bonchev–Trinajstić information content (AvgIpc) is 2.71. The number of carbonyl (C=O) groups is 1. The molecule has 0 bridgehead atoms. The first-order valence-electron chi connectivity index (χ1n) is 6.40. The Kier molecular flexibility index (Phi) is 2.96. The Morgan fingerprint density at radius 2 is 2.28 bits per heavy atom. The van der Waals surface area contributed by atoms with Crippen LogP contribution in [0.15, 0.2) is 18.2 Å². The second-order valence-corrected chi connectivity index (χ2v) is 5.13. The van der Waals surface area contributed by atoms with Gasteiger partial charge in [0.25, 0.3) is 0 Å². The second-order valence-electron chi connectivity index (χ2n) is 5.13. The third-order valence-electron chi connectivity index (χ3n) is 3.49. The standard InChI is InChI=1S/C14H17NO3/c1-9-4-12(7-15-6-9)18-11-2-3-13-10(5-11)8-17-14(13)16/h2-3,5,9,12,15H,4,6-8H2,1H3/t9-,12-/m0/s1. The third-order valence-corrected chi connectivity index (χ3v) is 3.49. The molecular weight excluding hydrogens is 230 g/mol. The van der Waals surface area contributed by atoms with Crippen molar-refractivity contribution in [2.24, 2.45) is 5.92 Å². The average molecular weight is 247 g/mol. The first kappa shape index (κ1) is 11.5. The number of nitrogens with one attached hydrogen (secondary N) is 1. The number of cyclic esters (lactones) is 1. The van der Waals surface area contributed by atoms with Crippen LogP contribution in [0.2, 0.25) is 0 Å². The van der Waals surface area contributed by atoms with Gasteiger partial charge in [0.1, 0.15) is 18.5 Å². The van der Waals surface area contributed by atoms with E-state index in [-0.39, 0.29) is 12.1 Å². The van der Waals surface area contributed by atoms with Gasteiger partial charge in [-0.25, -0.2) is 4.79 Å². The Bertz CT molecular complexity index is 472. The molecule has 0 aliphatic carbocycles. The number of rotatable bonds is 2. The van der Waals surface area contributed by atoms with E-state index in [1.807, 2.05) is 12.1 Å². The molecule has 18 heavy (non-hydrogen) atoms. The van der Waals surface area contributed by atoms with E-state index in [2.05, 4.69) is 12.2 Å². The number of benzene rings is 1. The smallest absolute Gasteiger partial charge is 0.338 e. The minimum absolute atomic E-state index is 0.213. The molecule has 1 saturated heterocycles. The quantitative estimate of drug-likeness (QED) is 0.809. The highest BCUT2D eigenvalue weighted by Crippen LogP contribution is 2.26. The van der Waals surface area contributed by atoms with Crippen LogP contribution in [0.3, 0.4) is 0 Å². The van der Waals surface area contributed by atoms with Crippen molar-refractivity contribution in [1.82, 2.24) is 5.32 Å². The fourth-order valence-corrected chi connectivity index (χ4v) is 2.57. The molecule has 0 spiro atoms. The van der Waals surface area contributed by atoms with Crippen molar-refractivity contribution >= 4 is 5.97 Å². The molecule has 1 N–H and O–H groups in total. The molecule has 2 heterocycles. The summed E-state index contributed by atoms with van der Waals surface area (Å²) in [5.74, 6) is 1.24. The Labute approximate surface area is 106 Å². The minimum Gasteiger partial charge on any atom is -0.489 e. The molecule has 1 aromatic rings. The normalized spacial score (nSPS) is 26.6. The van der Waals surface area contributed by atoms with E-state index >= 15 is 0 Å². The molecule has 0 amide bonds. The van der Waals surface area contributed by atoms with E-state index in [1.165, 1.54) is 0 Å². The van der Waals surface area contributed by atoms with Gasteiger partial charge in [-0.3, -0.25) is 0 Å². The molecule has 0 aromatic heterocycles. The summed E-state index contributed by atoms with van der Waals surface area (Å²) in [5.41, 5.74) is 1.59. The maximum Gasteiger partial charge on any atom is 0.338 e. The van der Waals surface area contributed by atoms with E-state index in [0.717, 1.165) is 30.8 Å². The summed E-state index contributed by atoms with van der Waals surface area (Å²) in [4.78, 5) is 11.3. The van der Waals surface area contributed by atoms with Crippen LogP contribution in [0.1, 0.15) is 29.3 Å². The van der Waals surface area contributed by atoms with E-state index in [4.69, 9.17) is 9.47 Å². The molecule has 2 atom stereocenters. The fourth-order valence-electron chi connectivity index (χ4n) is 2.57. The summed E-state index contributed by atoms with van der Waals surface area (Å²) in [7, 11) is 0. The Morgan fingerprint density at radius 3 is 3.11 bits per heavy atom. The van der Waals surface area contributed by atoms with Crippen LogP contribution in [0.5, 0.6) is 5.75 Å². The van der Waals surface area contributed by atoms with Gasteiger partial charge >= 0.3 is 5.97 Å². The Hall–Kier alpha value is -1.55. The van der Waals surface area contributed by atoms with Crippen LogP contribution in [0.25, 0.3) is 0 Å². The Balaban J connectivity index is 1.72. The van der Waals surface area contributed by atoms with Crippen molar-refractivity contribution in [3.05, 3.63) is 29.3 Å². The SMILES string of the molecule is C[C@@H]1CNC[C@@H](Oc2ccc3c(c2)COC3=O)C1. The molecule has 0 unspecified atom stereocenters. The summed E-state index contributed by atoms with van der Waals surface area (Å²) >= 11 is 0. The summed E-state index contributed by atoms with van der Waals surface area (Å²) in [6.45, 7) is 4.53. The van der Waals surface area contributed by atoms with Gasteiger partial charge in [-0.05, 0) is 37.1 Å². The van der Waals surface area contributed by atoms with E-state index in [0.29, 0.717) is 18.1 Å². The van der Waals surface area contributed by atoms with Crippen LogP contribution < -0.4 is 10.1 Å². The zero-order valence-corrected chi connectivity index (χ0v) is 10.4. The van der Waals surface area contributed by atoms with Crippen molar-refractivity contribution in [2.45, 2.75) is 26.1 Å². The lowest BCUT2D eigenvalue weighted by atomic mass is 9.99. The predicted molar refractivity (Wildman–Crippen MR) is 66.6 cm³/mol. The summed E-state index contributed by atoms with van der Waals surface area (Å²) in [6.07, 6.45) is 1.28. The van der Waals surface area contributed by atoms with Gasteiger partial charge in [0.2, 0.25) is 0 Å². The van der Waals surface area contributed by atoms with Gasteiger partial charge in [-0.15, -0.1) is 0 Å². The Morgan fingerprint density at radius 1 is 1.39 bits per heavy atom. The topological polar surface area (TPSA) is 47.6 Å². The molecule has 96 valence electrons. The summed E-state index contributed by atoms with van der Waals surface area (Å²) < 4.78 is 10.9. The lowest BCUT2D eigenvalue weighted by molar-refractivity contribution is 0.0535. The highest BCUT2D eigenvalue weighted by molar-refractivity contribution is 5.93. The molecule has 4 heteroatoms. The molecule has 4 nitrogen and oxygen atoms in total. The lowest BCUT2D eigenvalue weighted by Gasteiger charge is -2.28. The van der Waals surface area contributed by atoms with Crippen LogP contribution >= 0.6 is 0 Å². The van der Waals surface area contributed by atoms with E-state index in [1.54, 1.807) is 6.07 Å². The molecule has 1 fully saturated rings. The molecule has 2 aliphatic rings. The van der Waals surface area contributed by atoms with Crippen LogP contribution in [0.4, 0.5) is 0 Å². The van der Waals surface area contributed by atoms with Gasteiger partial charge in [-0.1, -0.05) is 6.92 Å². The number of carbonyl (C=O) groups excluding carboxylic acids is 1. The van der Waals surface area contributed by atoms with Crippen molar-refractivity contribution in [1.29, 1.82) is 0 Å². The lowest BCUT2D eigenvalue weighted by Crippen LogP contribution is -2.41. The molecule has 3 rings (SSSR count). The maximum atomic E-state index is 11.3. The van der Waals surface area contributed by atoms with Gasteiger partial charge in [0.05, 0.1) is 5.56 Å². The number of piperidine rings is 1. The van der Waals surface area contributed by atoms with Gasteiger partial charge in [0, 0.05) is 12.1 Å². The number of hydrogen-bond donors (Lipinski definition) is 1. The molecule has 0 radical (unpaired) electrons. The number of hydrogen-bond acceptors (Lipinski definition) is 4. The molecule has 0 saturated carbocycles. The molecule has 2 aliphatic heterocycles. The van der Waals surface area contributed by atoms with Gasteiger partial charge < -0.3 is 14.8 Å². The largest absolute Gasteiger partial charge is 0.489 e. The molecular formula is C14H17NO3. The highest BCUT2D eigenvalue weighted by atomic mass is 16.5. The first-order chi connectivity index (χ1) is 8.72. The fraction of sp³-hybridized carbons (Fsp3) is 0.500. The zero-order chi connectivity index (χ0) is 12.5. The van der Waals surface area contributed by atoms with Crippen molar-refractivity contribution in [3.63, 3.8) is 0 Å². The van der Waals surface area contributed by atoms with Crippen LogP contribution in [-0.4, -0.2) is 25.2 Å². The summed E-state index contributed by atoms with van der Waals surface area (Å²) in [5, 5.41) is 3.36. The van der Waals surface area contributed by atoms with Crippen LogP contribution in [-0.2, 0) is 11.3 Å². The third kappa shape index (κ3) is 2.20. The van der Waals surface area contributed by atoms with Crippen molar-refractivity contribution in [2.75, 3.05) is 13.1 Å². The van der Waals surface area contributed by atoms with Crippen molar-refractivity contribution < 1.29 is 14.3 Å². The van der Waals surface area contributed by atoms with Gasteiger partial charge in [0.15, 0.2) is 0 Å². The number of esters is 1. The minimum atomic E-state index is -0.232.